The minimum absolute atomic E-state index is 0.0573. The van der Waals surface area contributed by atoms with Gasteiger partial charge in [-0.15, -0.1) is 68.0 Å². The monoisotopic (exact) mass is 1710 g/mol. The average molecular weight is 1710 g/mol. The third kappa shape index (κ3) is 13.0. The second-order valence-corrected chi connectivity index (χ2v) is 40.9. The Bertz CT molecular complexity index is 8370. The summed E-state index contributed by atoms with van der Waals surface area (Å²) in [5.41, 5.74) is 17.2. The Kier molecular flexibility index (Phi) is 18.6. The van der Waals surface area contributed by atoms with Crippen LogP contribution in [-0.4, -0.2) is 0 Å². The van der Waals surface area contributed by atoms with Gasteiger partial charge in [0.25, 0.3) is 0 Å². The molecule has 26 aromatic rings. The van der Waals surface area contributed by atoms with Gasteiger partial charge in [-0.05, 0) is 280 Å². The summed E-state index contributed by atoms with van der Waals surface area (Å²) in [7, 11) is 0. The van der Waals surface area contributed by atoms with Gasteiger partial charge in [-0.1, -0.05) is 312 Å². The Morgan fingerprint density at radius 3 is 0.683 bits per heavy atom. The van der Waals surface area contributed by atoms with Gasteiger partial charge in [0.1, 0.15) is 0 Å². The Morgan fingerprint density at radius 2 is 0.389 bits per heavy atom. The molecule has 20 aromatic carbocycles. The lowest BCUT2D eigenvalue weighted by Crippen LogP contribution is -2.10. The van der Waals surface area contributed by atoms with Gasteiger partial charge in [-0.2, -0.15) is 0 Å². The summed E-state index contributed by atoms with van der Waals surface area (Å²) in [5.74, 6) is 0. The third-order valence-corrected chi connectivity index (χ3v) is 32.6. The summed E-state index contributed by atoms with van der Waals surface area (Å²) in [4.78, 5) is 7.92. The molecule has 26 rings (SSSR count). The van der Waals surface area contributed by atoms with Crippen molar-refractivity contribution in [3.63, 3.8) is 0 Å². The highest BCUT2D eigenvalue weighted by atomic mass is 32.1. The molecule has 0 atom stereocenters. The van der Waals surface area contributed by atoms with E-state index in [0.717, 1.165) is 0 Å². The van der Waals surface area contributed by atoms with Gasteiger partial charge >= 0.3 is 0 Å². The van der Waals surface area contributed by atoms with Crippen LogP contribution in [0.3, 0.4) is 0 Å². The van der Waals surface area contributed by atoms with Crippen LogP contribution >= 0.6 is 68.0 Å². The first-order chi connectivity index (χ1) is 61.9. The molecular formula is C120H80S6. The first-order valence-corrected chi connectivity index (χ1v) is 48.1. The first-order valence-electron chi connectivity index (χ1n) is 43.2. The van der Waals surface area contributed by atoms with Crippen molar-refractivity contribution in [2.75, 3.05) is 0 Å². The smallest absolute Gasteiger partial charge is 0.0368 e. The maximum atomic E-state index is 2.47. The second kappa shape index (κ2) is 30.7. The van der Waals surface area contributed by atoms with Gasteiger partial charge in [0.2, 0.25) is 0 Å². The van der Waals surface area contributed by atoms with Gasteiger partial charge in [0, 0.05) is 102 Å². The number of rotatable bonds is 8. The lowest BCUT2D eigenvalue weighted by Gasteiger charge is -2.24. The lowest BCUT2D eigenvalue weighted by atomic mass is 9.79. The molecule has 0 unspecified atom stereocenters. The zero-order valence-electron chi connectivity index (χ0n) is 70.0. The Balaban J connectivity index is 0.000000107. The highest BCUT2D eigenvalue weighted by Crippen LogP contribution is 2.58. The van der Waals surface area contributed by atoms with Crippen molar-refractivity contribution in [1.82, 2.24) is 0 Å². The largest absolute Gasteiger partial charge is 0.135 e. The van der Waals surface area contributed by atoms with Crippen LogP contribution in [-0.2, 0) is 5.41 Å². The maximum Gasteiger partial charge on any atom is 0.0368 e. The standard InChI is InChI=1S/C46H28S2.C38H28S2.C36H24S2/c1-3-15-29(16-4-1)41-33-21-9-10-22-34(33)42(30-17-5-2-6-18-30)46-44(40-28-32-20-8-14-26-38(32)48-40)36-24-12-11-23-35(36)43(45(41)46)39-27-31-19-7-13-25-37(31)47-39;1-38(2,3)27-16-17-28-31(22-27)37(35-21-26-13-7-9-15-33(26)40-35)30-19-24-11-5-4-10-23(24)18-29(30)36(28)34-20-25-12-6-8-14-32(25)39-34;1-21-15-25-17-29-30(18-26(25)16-22(21)2)36(34-20-24-10-4-8-14-32(24)38-34)28-12-6-5-11-27(28)35(29)33-19-23-9-3-7-13-31(23)37-33/h1-28H;4-22H,1-3H3;3-20H,1-2H3. The predicted molar refractivity (Wildman–Crippen MR) is 561 cm³/mol. The van der Waals surface area contributed by atoms with E-state index in [0.29, 0.717) is 0 Å². The third-order valence-electron chi connectivity index (χ3n) is 25.8. The zero-order chi connectivity index (χ0) is 84.0. The number of aryl methyl sites for hydroxylation is 2. The zero-order valence-corrected chi connectivity index (χ0v) is 74.9. The Labute approximate surface area is 754 Å². The molecule has 0 nitrogen and oxygen atoms in total. The molecular weight excluding hydrogens is 1630 g/mol. The quantitative estimate of drug-likeness (QED) is 0.133. The van der Waals surface area contributed by atoms with Crippen molar-refractivity contribution in [1.29, 1.82) is 0 Å². The first kappa shape index (κ1) is 76.2. The average Bonchev–Trinajstić information content (AvgIpc) is 1.01. The lowest BCUT2D eigenvalue weighted by molar-refractivity contribution is 0.591. The number of fused-ring (bicyclic) bond motifs is 15. The molecule has 0 saturated heterocycles. The number of hydrogen-bond acceptors (Lipinski definition) is 6. The normalized spacial score (nSPS) is 12.0. The fourth-order valence-corrected chi connectivity index (χ4v) is 26.5. The van der Waals surface area contributed by atoms with E-state index in [1.54, 1.807) is 0 Å². The molecule has 126 heavy (non-hydrogen) atoms. The SMILES string of the molecule is CC(C)(C)c1ccc2c(-c3cc4ccccc4s3)c3cc4ccccc4cc3c(-c3cc4ccccc4s3)c2c1.Cc1cc2cc3c(-c4cc5ccccc5s4)c4ccccc4c(-c4cc5ccccc5s4)c3cc2cc1C.c1ccc(-c2c3ccccc3c(-c3ccccc3)c3c(-c4cc5ccccc5s4)c4ccccc4c(-c4cc5ccccc5s4)c23)cc1. The molecule has 0 bridgehead atoms. The van der Waals surface area contributed by atoms with E-state index in [-0.39, 0.29) is 5.41 Å². The van der Waals surface area contributed by atoms with Crippen LogP contribution in [0.5, 0.6) is 0 Å². The molecule has 0 aliphatic heterocycles. The maximum absolute atomic E-state index is 2.47. The Hall–Kier alpha value is -13.5. The predicted octanol–water partition coefficient (Wildman–Crippen LogP) is 38.0. The van der Waals surface area contributed by atoms with Gasteiger partial charge in [-0.25, -0.2) is 0 Å². The molecule has 0 aliphatic carbocycles. The summed E-state index contributed by atoms with van der Waals surface area (Å²) < 4.78 is 7.95. The van der Waals surface area contributed by atoms with Crippen molar-refractivity contribution in [2.45, 2.75) is 40.0 Å². The Morgan fingerprint density at radius 1 is 0.167 bits per heavy atom. The van der Waals surface area contributed by atoms with E-state index in [1.807, 2.05) is 68.0 Å². The van der Waals surface area contributed by atoms with Crippen LogP contribution in [0.4, 0.5) is 0 Å². The molecule has 0 amide bonds. The van der Waals surface area contributed by atoms with Gasteiger partial charge < -0.3 is 0 Å². The summed E-state index contributed by atoms with van der Waals surface area (Å²) >= 11 is 11.4. The molecule has 0 spiro atoms. The molecule has 0 fully saturated rings. The molecule has 0 saturated carbocycles. The van der Waals surface area contributed by atoms with Crippen LogP contribution in [0.2, 0.25) is 0 Å². The van der Waals surface area contributed by atoms with E-state index in [1.165, 1.54) is 259 Å². The van der Waals surface area contributed by atoms with Crippen molar-refractivity contribution < 1.29 is 0 Å². The summed E-state index contributed by atoms with van der Waals surface area (Å²) in [6.45, 7) is 11.4. The van der Waals surface area contributed by atoms with Gasteiger partial charge in [0.05, 0.1) is 0 Å². The molecule has 0 radical (unpaired) electrons. The van der Waals surface area contributed by atoms with Crippen molar-refractivity contribution >= 4 is 225 Å². The molecule has 0 aliphatic rings. The van der Waals surface area contributed by atoms with E-state index in [2.05, 4.69) is 429 Å². The van der Waals surface area contributed by atoms with Crippen molar-refractivity contribution in [3.8, 4) is 84.9 Å². The van der Waals surface area contributed by atoms with Crippen molar-refractivity contribution in [3.05, 3.63) is 411 Å². The minimum atomic E-state index is 0.0573. The van der Waals surface area contributed by atoms with Gasteiger partial charge in [-0.3, -0.25) is 0 Å². The fourth-order valence-electron chi connectivity index (χ4n) is 19.7. The molecule has 596 valence electrons. The van der Waals surface area contributed by atoms with Crippen molar-refractivity contribution in [2.24, 2.45) is 0 Å². The van der Waals surface area contributed by atoms with Crippen LogP contribution in [0.15, 0.2) is 394 Å². The topological polar surface area (TPSA) is 0 Å². The summed E-state index contributed by atoms with van der Waals surface area (Å²) in [6, 6.07) is 147. The molecule has 6 heterocycles. The summed E-state index contributed by atoms with van der Waals surface area (Å²) in [5, 5.41) is 31.4. The highest BCUT2D eigenvalue weighted by Gasteiger charge is 2.30. The number of thiophene rings is 6. The van der Waals surface area contributed by atoms with E-state index in [4.69, 9.17) is 0 Å². The molecule has 6 heteroatoms. The fraction of sp³-hybridized carbons (Fsp3) is 0.0500. The summed E-state index contributed by atoms with van der Waals surface area (Å²) in [6.07, 6.45) is 0. The van der Waals surface area contributed by atoms with Crippen LogP contribution < -0.4 is 0 Å². The minimum Gasteiger partial charge on any atom is -0.135 e. The molecule has 6 aromatic heterocycles. The van der Waals surface area contributed by atoms with E-state index in [9.17, 15) is 0 Å². The van der Waals surface area contributed by atoms with E-state index >= 15 is 0 Å². The van der Waals surface area contributed by atoms with Crippen LogP contribution in [0.1, 0.15) is 37.5 Å². The van der Waals surface area contributed by atoms with Gasteiger partial charge in [0.15, 0.2) is 0 Å². The van der Waals surface area contributed by atoms with Crippen LogP contribution in [0, 0.1) is 13.8 Å². The number of hydrogen-bond donors (Lipinski definition) is 0. The number of benzene rings is 20. The second-order valence-electron chi connectivity index (χ2n) is 34.4. The van der Waals surface area contributed by atoms with Crippen LogP contribution in [0.25, 0.3) is 242 Å². The highest BCUT2D eigenvalue weighted by molar-refractivity contribution is 7.24. The molecule has 0 N–H and O–H groups in total. The van der Waals surface area contributed by atoms with E-state index < -0.39 is 0 Å².